The Morgan fingerprint density at radius 1 is 0.625 bits per heavy atom. The first kappa shape index (κ1) is 23.9. The van der Waals surface area contributed by atoms with Gasteiger partial charge in [-0.15, -0.1) is 0 Å². The molecule has 0 radical (unpaired) electrons. The molecule has 0 fully saturated rings. The van der Waals surface area contributed by atoms with Gasteiger partial charge in [-0.3, -0.25) is 0 Å². The van der Waals surface area contributed by atoms with Gasteiger partial charge in [-0.1, -0.05) is 104 Å². The summed E-state index contributed by atoms with van der Waals surface area (Å²) in [6, 6.07) is 0.617. The smallest absolute Gasteiger partial charge is 0.0636 e. The lowest BCUT2D eigenvalue weighted by molar-refractivity contribution is 0.183. The molecule has 0 spiro atoms. The standard InChI is InChI=1S/C22H47NO/c1-4-6-8-10-12-14-16-18-22(23-20-21(3)24)19-17-15-13-11-9-7-5-2/h21-24H,4-20H2,1-3H3/t21-/m0/s1. The minimum absolute atomic E-state index is 0.226. The van der Waals surface area contributed by atoms with E-state index in [2.05, 4.69) is 19.2 Å². The maximum atomic E-state index is 9.52. The van der Waals surface area contributed by atoms with Crippen LogP contribution in [0, 0.1) is 0 Å². The molecule has 2 heteroatoms. The van der Waals surface area contributed by atoms with E-state index >= 15 is 0 Å². The highest BCUT2D eigenvalue weighted by Crippen LogP contribution is 2.15. The van der Waals surface area contributed by atoms with E-state index in [1.807, 2.05) is 6.92 Å². The van der Waals surface area contributed by atoms with Gasteiger partial charge in [0.25, 0.3) is 0 Å². The van der Waals surface area contributed by atoms with Gasteiger partial charge in [-0.05, 0) is 19.8 Å². The van der Waals surface area contributed by atoms with Crippen LogP contribution >= 0.6 is 0 Å². The molecule has 24 heavy (non-hydrogen) atoms. The third kappa shape index (κ3) is 18.3. The summed E-state index contributed by atoms with van der Waals surface area (Å²) < 4.78 is 0. The molecule has 0 rings (SSSR count). The van der Waals surface area contributed by atoms with Crippen molar-refractivity contribution < 1.29 is 5.11 Å². The minimum atomic E-state index is -0.226. The maximum absolute atomic E-state index is 9.52. The highest BCUT2D eigenvalue weighted by molar-refractivity contribution is 4.69. The first-order chi connectivity index (χ1) is 11.7. The van der Waals surface area contributed by atoms with Crippen LogP contribution in [0.4, 0.5) is 0 Å². The molecule has 0 aliphatic rings. The van der Waals surface area contributed by atoms with Gasteiger partial charge in [0, 0.05) is 12.6 Å². The summed E-state index contributed by atoms with van der Waals surface area (Å²) in [6.07, 6.45) is 21.7. The lowest BCUT2D eigenvalue weighted by Crippen LogP contribution is -2.34. The molecule has 1 atom stereocenters. The van der Waals surface area contributed by atoms with Crippen molar-refractivity contribution in [3.63, 3.8) is 0 Å². The van der Waals surface area contributed by atoms with Gasteiger partial charge in [0.1, 0.15) is 0 Å². The zero-order valence-corrected chi connectivity index (χ0v) is 17.1. The molecular formula is C22H47NO. The van der Waals surface area contributed by atoms with Crippen LogP contribution in [0.25, 0.3) is 0 Å². The van der Waals surface area contributed by atoms with Gasteiger partial charge < -0.3 is 10.4 Å². The number of aliphatic hydroxyl groups is 1. The minimum Gasteiger partial charge on any atom is -0.392 e. The Morgan fingerprint density at radius 2 is 1.00 bits per heavy atom. The first-order valence-electron chi connectivity index (χ1n) is 11.1. The highest BCUT2D eigenvalue weighted by Gasteiger charge is 2.09. The monoisotopic (exact) mass is 341 g/mol. The molecule has 0 aliphatic heterocycles. The van der Waals surface area contributed by atoms with Crippen LogP contribution in [0.5, 0.6) is 0 Å². The quantitative estimate of drug-likeness (QED) is 0.259. The number of aliphatic hydroxyl groups excluding tert-OH is 1. The fraction of sp³-hybridized carbons (Fsp3) is 1.00. The van der Waals surface area contributed by atoms with Gasteiger partial charge in [-0.2, -0.15) is 0 Å². The molecule has 0 aromatic rings. The summed E-state index contributed by atoms with van der Waals surface area (Å²) in [7, 11) is 0. The molecule has 0 heterocycles. The average Bonchev–Trinajstić information content (AvgIpc) is 2.57. The van der Waals surface area contributed by atoms with Gasteiger partial charge in [0.2, 0.25) is 0 Å². The lowest BCUT2D eigenvalue weighted by atomic mass is 9.99. The van der Waals surface area contributed by atoms with E-state index in [1.54, 1.807) is 0 Å². The molecule has 0 aromatic carbocycles. The Labute approximate surface area is 153 Å². The molecular weight excluding hydrogens is 294 g/mol. The van der Waals surface area contributed by atoms with Gasteiger partial charge in [0.15, 0.2) is 0 Å². The fourth-order valence-electron chi connectivity index (χ4n) is 3.38. The number of unbranched alkanes of at least 4 members (excludes halogenated alkanes) is 12. The van der Waals surface area contributed by atoms with Crippen molar-refractivity contribution in [2.24, 2.45) is 0 Å². The van der Waals surface area contributed by atoms with Crippen LogP contribution in [0.15, 0.2) is 0 Å². The van der Waals surface area contributed by atoms with E-state index in [1.165, 1.54) is 103 Å². The predicted molar refractivity (Wildman–Crippen MR) is 109 cm³/mol. The van der Waals surface area contributed by atoms with Crippen molar-refractivity contribution in [2.75, 3.05) is 6.54 Å². The summed E-state index contributed by atoms with van der Waals surface area (Å²) in [5.41, 5.74) is 0. The Morgan fingerprint density at radius 3 is 1.38 bits per heavy atom. The van der Waals surface area contributed by atoms with Gasteiger partial charge in [0.05, 0.1) is 6.10 Å². The van der Waals surface area contributed by atoms with Crippen molar-refractivity contribution >= 4 is 0 Å². The molecule has 0 saturated carbocycles. The second-order valence-corrected chi connectivity index (χ2v) is 7.77. The lowest BCUT2D eigenvalue weighted by Gasteiger charge is -2.20. The van der Waals surface area contributed by atoms with Crippen LogP contribution in [0.2, 0.25) is 0 Å². The zero-order valence-electron chi connectivity index (χ0n) is 17.1. The third-order valence-corrected chi connectivity index (χ3v) is 5.01. The second kappa shape index (κ2) is 19.2. The largest absolute Gasteiger partial charge is 0.392 e. The number of rotatable bonds is 19. The Kier molecular flexibility index (Phi) is 19.2. The third-order valence-electron chi connectivity index (χ3n) is 5.01. The summed E-state index contributed by atoms with van der Waals surface area (Å²) in [5.74, 6) is 0. The maximum Gasteiger partial charge on any atom is 0.0636 e. The van der Waals surface area contributed by atoms with Crippen LogP contribution in [-0.2, 0) is 0 Å². The summed E-state index contributed by atoms with van der Waals surface area (Å²) >= 11 is 0. The predicted octanol–water partition coefficient (Wildman–Crippen LogP) is 6.61. The molecule has 0 aromatic heterocycles. The van der Waals surface area contributed by atoms with E-state index in [0.717, 1.165) is 6.54 Å². The van der Waals surface area contributed by atoms with Crippen molar-refractivity contribution in [1.29, 1.82) is 0 Å². The molecule has 146 valence electrons. The zero-order chi connectivity index (χ0) is 17.9. The first-order valence-corrected chi connectivity index (χ1v) is 11.1. The van der Waals surface area contributed by atoms with E-state index < -0.39 is 0 Å². The summed E-state index contributed by atoms with van der Waals surface area (Å²) in [6.45, 7) is 7.19. The highest BCUT2D eigenvalue weighted by atomic mass is 16.3. The van der Waals surface area contributed by atoms with E-state index in [9.17, 15) is 5.11 Å². The summed E-state index contributed by atoms with van der Waals surface area (Å²) in [5, 5.41) is 13.1. The van der Waals surface area contributed by atoms with Gasteiger partial charge in [-0.25, -0.2) is 0 Å². The number of hydrogen-bond donors (Lipinski definition) is 2. The average molecular weight is 342 g/mol. The SMILES string of the molecule is CCCCCCCCCC(CCCCCCCCC)NC[C@H](C)O. The Hall–Kier alpha value is -0.0800. The molecule has 0 aliphatic carbocycles. The number of hydrogen-bond acceptors (Lipinski definition) is 2. The van der Waals surface area contributed by atoms with Gasteiger partial charge >= 0.3 is 0 Å². The molecule has 0 unspecified atom stereocenters. The molecule has 2 nitrogen and oxygen atoms in total. The van der Waals surface area contributed by atoms with Crippen LogP contribution in [0.3, 0.4) is 0 Å². The van der Waals surface area contributed by atoms with Crippen LogP contribution in [-0.4, -0.2) is 23.8 Å². The van der Waals surface area contributed by atoms with Crippen molar-refractivity contribution in [3.05, 3.63) is 0 Å². The fourth-order valence-corrected chi connectivity index (χ4v) is 3.38. The van der Waals surface area contributed by atoms with E-state index in [4.69, 9.17) is 0 Å². The van der Waals surface area contributed by atoms with E-state index in [-0.39, 0.29) is 6.10 Å². The molecule has 0 bridgehead atoms. The van der Waals surface area contributed by atoms with Crippen LogP contribution in [0.1, 0.15) is 124 Å². The van der Waals surface area contributed by atoms with Crippen molar-refractivity contribution in [1.82, 2.24) is 5.32 Å². The number of nitrogens with one attached hydrogen (secondary N) is 1. The van der Waals surface area contributed by atoms with Crippen molar-refractivity contribution in [3.8, 4) is 0 Å². The Balaban J connectivity index is 3.68. The molecule has 0 saturated heterocycles. The summed E-state index contributed by atoms with van der Waals surface area (Å²) in [4.78, 5) is 0. The van der Waals surface area contributed by atoms with Crippen molar-refractivity contribution in [2.45, 2.75) is 136 Å². The Bertz CT molecular complexity index is 212. The normalized spacial score (nSPS) is 12.9. The molecule has 0 amide bonds. The second-order valence-electron chi connectivity index (χ2n) is 7.77. The van der Waals surface area contributed by atoms with Crippen LogP contribution < -0.4 is 5.32 Å². The van der Waals surface area contributed by atoms with E-state index in [0.29, 0.717) is 6.04 Å². The molecule has 2 N–H and O–H groups in total. The topological polar surface area (TPSA) is 32.3 Å².